The molecule has 0 spiro atoms. The fraction of sp³-hybridized carbons (Fsp3) is 0.509. The number of hydrazine groups is 1. The summed E-state index contributed by atoms with van der Waals surface area (Å²) in [5.74, 6) is 3.85. The molecular weight excluding hydrogens is 1240 g/mol. The minimum atomic E-state index is -0.886. The van der Waals surface area contributed by atoms with Crippen LogP contribution in [0, 0.1) is 128 Å². The van der Waals surface area contributed by atoms with Gasteiger partial charge in [-0.3, -0.25) is 14.7 Å². The molecule has 0 radical (unpaired) electrons. The van der Waals surface area contributed by atoms with Gasteiger partial charge in [0.25, 0.3) is 0 Å². The first-order valence-electron chi connectivity index (χ1n) is 25.9. The third-order valence-corrected chi connectivity index (χ3v) is 16.5. The van der Waals surface area contributed by atoms with Crippen LogP contribution in [0.3, 0.4) is 0 Å². The van der Waals surface area contributed by atoms with Crippen LogP contribution in [0.25, 0.3) is 0 Å². The first kappa shape index (κ1) is 85.7. The van der Waals surface area contributed by atoms with Gasteiger partial charge in [0.15, 0.2) is 0 Å². The van der Waals surface area contributed by atoms with Gasteiger partial charge in [-0.05, 0) is 152 Å². The third kappa shape index (κ3) is 41.1. The number of carboxylic acids is 1. The lowest BCUT2D eigenvalue weighted by Crippen LogP contribution is -2.20. The molecule has 476 valence electrons. The number of anilines is 3. The van der Waals surface area contributed by atoms with Crippen LogP contribution in [0.1, 0.15) is 152 Å². The molecule has 22 nitrogen and oxygen atoms in total. The third-order valence-electron chi connectivity index (χ3n) is 9.27. The normalized spacial score (nSPS) is 9.99. The Morgan fingerprint density at radius 2 is 0.894 bits per heavy atom. The number of aromatic nitrogens is 7. The summed E-state index contributed by atoms with van der Waals surface area (Å²) < 4.78 is 9.46. The number of nitrogens with one attached hydrogen (secondary N) is 1. The average molecular weight is 1330 g/mol. The fourth-order valence-corrected chi connectivity index (χ4v) is 10.4. The number of nitrogens with two attached hydrogens (primary N) is 5. The van der Waals surface area contributed by atoms with Gasteiger partial charge < -0.3 is 42.0 Å². The highest BCUT2D eigenvalue weighted by Gasteiger charge is 2.18. The maximum Gasteiger partial charge on any atom is 0.350 e. The van der Waals surface area contributed by atoms with Crippen molar-refractivity contribution in [3.63, 3.8) is 0 Å². The largest absolute Gasteiger partial charge is 0.477 e. The summed E-state index contributed by atoms with van der Waals surface area (Å²) in [5, 5.41) is 31.0. The molecular formula is C55H90N14O8S8. The van der Waals surface area contributed by atoms with E-state index in [2.05, 4.69) is 58.9 Å². The minimum absolute atomic E-state index is 0.154. The maximum absolute atomic E-state index is 11.2. The monoisotopic (exact) mass is 1330 g/mol. The zero-order valence-electron chi connectivity index (χ0n) is 53.4. The summed E-state index contributed by atoms with van der Waals surface area (Å²) in [7, 11) is 0. The molecule has 12 N–H and O–H groups in total. The Morgan fingerprint density at radius 1 is 0.588 bits per heavy atom. The zero-order chi connectivity index (χ0) is 66.9. The number of carbonyl (C=O) groups excluding carboxylic acids is 4. The molecule has 0 saturated carbocycles. The highest BCUT2D eigenvalue weighted by Crippen LogP contribution is 2.22. The second-order valence-electron chi connectivity index (χ2n) is 16.9. The number of rotatable bonds is 8. The molecule has 7 rings (SSSR count). The second kappa shape index (κ2) is 48.4. The quantitative estimate of drug-likeness (QED) is 0.0185. The fourth-order valence-electron chi connectivity index (χ4n) is 5.11. The van der Waals surface area contributed by atoms with E-state index in [0.717, 1.165) is 74.9 Å². The minimum Gasteiger partial charge on any atom is -0.477 e. The van der Waals surface area contributed by atoms with Crippen LogP contribution in [0.4, 0.5) is 15.0 Å². The number of Topliss-reactive ketones (excluding diaryl/α,β-unsaturated/α-hetero) is 1. The number of nitriles is 1. The topological polar surface area (TPSA) is 380 Å². The van der Waals surface area contributed by atoms with Crippen LogP contribution in [0.15, 0.2) is 0 Å². The van der Waals surface area contributed by atoms with Gasteiger partial charge in [0.2, 0.25) is 0 Å². The lowest BCUT2D eigenvalue weighted by atomic mass is 10.1. The summed E-state index contributed by atoms with van der Waals surface area (Å²) in [5.41, 5.74) is 25.1. The molecule has 7 heterocycles. The molecule has 85 heavy (non-hydrogen) atoms. The first-order valence-corrected chi connectivity index (χ1v) is 32.7. The van der Waals surface area contributed by atoms with E-state index < -0.39 is 17.9 Å². The molecule has 0 amide bonds. The number of nitrogen functional groups attached to an aromatic ring is 3. The molecule has 0 aliphatic carbocycles. The van der Waals surface area contributed by atoms with E-state index in [-0.39, 0.29) is 17.8 Å². The number of aromatic carboxylic acids is 1. The summed E-state index contributed by atoms with van der Waals surface area (Å²) in [4.78, 5) is 84.3. The Labute approximate surface area is 535 Å². The van der Waals surface area contributed by atoms with Crippen LogP contribution in [0.2, 0.25) is 0 Å². The SMILES string of the molecule is CC(N)C#N.CC=O.CCOC(=O)C(C)C(C)=O.CCOC(=O)c1sc(C)nc1C.CCSN.Cc1nc(C)c(C(=O)O)s1.Cc1nc(C)c(C)s1.Cc1nc(C)c(C)s1.Cc1nc(C)c(N)s1.Cc1nc(C)c(N)s1.Cc1nc(C)c(NN)s1. The van der Waals surface area contributed by atoms with Crippen molar-refractivity contribution in [3.05, 3.63) is 94.4 Å². The Hall–Kier alpha value is -5.72. The van der Waals surface area contributed by atoms with Gasteiger partial charge in [-0.15, -0.1) is 79.4 Å². The van der Waals surface area contributed by atoms with Crippen LogP contribution < -0.4 is 33.6 Å². The highest BCUT2D eigenvalue weighted by molar-refractivity contribution is 7.97. The van der Waals surface area contributed by atoms with Crippen molar-refractivity contribution in [2.45, 2.75) is 165 Å². The Kier molecular flexibility index (Phi) is 48.8. The van der Waals surface area contributed by atoms with Gasteiger partial charge in [-0.2, -0.15) is 5.26 Å². The van der Waals surface area contributed by atoms with Crippen molar-refractivity contribution in [1.29, 1.82) is 5.26 Å². The highest BCUT2D eigenvalue weighted by atomic mass is 32.2. The lowest BCUT2D eigenvalue weighted by Gasteiger charge is -2.04. The van der Waals surface area contributed by atoms with Crippen molar-refractivity contribution in [2.75, 3.05) is 35.9 Å². The summed E-state index contributed by atoms with van der Waals surface area (Å²) in [6.45, 7) is 43.4. The molecule has 2 atom stereocenters. The smallest absolute Gasteiger partial charge is 0.350 e. The van der Waals surface area contributed by atoms with E-state index in [4.69, 9.17) is 48.1 Å². The standard InChI is InChI=1S/C8H11NO2S.C7H12O3.C6H7NO2S.2C6H9NS.C5H9N3S.2C5H8N2S.C3H6N2.C2H7NS.C2H4O/c1-4-11-8(10)7-5(2)9-6(3)12-7;1-4-10-7(9)5(2)6(3)8;1-3-5(6(8)9)10-4(2)7-3;2*1-4-5(2)8-6(3)7-4;1-3-5(8-6)9-4(2)7-3;2*1-3-5(6)8-4(2)7-3;1-3(5)2-4;1-2-4-3;1-2-3/h4H2,1-3H3;5H,4H2,1-3H3;1-2H3,(H,8,9);2*1-3H3;8H,6H2,1-2H3;2*6H2,1-2H3;3H,5H2,1H3;2-3H2,1H3;2H,1H3. The molecule has 0 aliphatic rings. The van der Waals surface area contributed by atoms with Crippen molar-refractivity contribution in [3.8, 4) is 6.07 Å². The number of ketones is 1. The van der Waals surface area contributed by atoms with Gasteiger partial charge in [-0.25, -0.2) is 50.3 Å². The number of nitrogens with zero attached hydrogens (tertiary/aromatic N) is 8. The van der Waals surface area contributed by atoms with E-state index in [0.29, 0.717) is 28.7 Å². The molecule has 0 saturated heterocycles. The summed E-state index contributed by atoms with van der Waals surface area (Å²) in [6.07, 6.45) is 0.750. The second-order valence-corrected chi connectivity index (χ2v) is 26.7. The Balaban J connectivity index is -0.000000431. The Morgan fingerprint density at radius 3 is 1.05 bits per heavy atom. The van der Waals surface area contributed by atoms with E-state index in [1.807, 2.05) is 90.0 Å². The first-order chi connectivity index (χ1) is 39.5. The predicted octanol–water partition coefficient (Wildman–Crippen LogP) is 12.7. The number of hydrogen-bond donors (Lipinski definition) is 7. The van der Waals surface area contributed by atoms with Gasteiger partial charge in [0.1, 0.15) is 42.7 Å². The number of carbonyl (C=O) groups is 5. The maximum atomic E-state index is 11.2. The average Bonchev–Trinajstić information content (AvgIpc) is 4.38. The van der Waals surface area contributed by atoms with Crippen molar-refractivity contribution in [1.82, 2.24) is 34.9 Å². The summed E-state index contributed by atoms with van der Waals surface area (Å²) >= 11 is 12.1. The Bertz CT molecular complexity index is 2800. The van der Waals surface area contributed by atoms with Crippen molar-refractivity contribution in [2.24, 2.45) is 22.6 Å². The number of thiazole rings is 7. The lowest BCUT2D eigenvalue weighted by molar-refractivity contribution is -0.150. The number of esters is 2. The van der Waals surface area contributed by atoms with Crippen LogP contribution >= 0.6 is 91.3 Å². The van der Waals surface area contributed by atoms with Gasteiger partial charge in [0.05, 0.1) is 100 Å². The van der Waals surface area contributed by atoms with Crippen LogP contribution in [-0.2, 0) is 23.9 Å². The molecule has 7 aromatic heterocycles. The molecule has 7 aromatic rings. The van der Waals surface area contributed by atoms with Crippen LogP contribution in [0.5, 0.6) is 0 Å². The number of carboxylic acid groups (broad SMARTS) is 1. The predicted molar refractivity (Wildman–Crippen MR) is 360 cm³/mol. The van der Waals surface area contributed by atoms with E-state index in [1.54, 1.807) is 81.6 Å². The molecule has 0 aliphatic heterocycles. The van der Waals surface area contributed by atoms with Gasteiger partial charge in [-0.1, -0.05) is 18.9 Å². The van der Waals surface area contributed by atoms with E-state index in [1.165, 1.54) is 102 Å². The number of aldehydes is 1. The van der Waals surface area contributed by atoms with Crippen LogP contribution in [-0.4, -0.2) is 95.0 Å². The van der Waals surface area contributed by atoms with Crippen molar-refractivity contribution < 1.29 is 38.6 Å². The summed E-state index contributed by atoms with van der Waals surface area (Å²) in [6, 6.07) is 1.50. The number of ether oxygens (including phenoxy) is 2. The molecule has 2 unspecified atom stereocenters. The number of hydrogen-bond acceptors (Lipinski definition) is 29. The van der Waals surface area contributed by atoms with Gasteiger partial charge in [0, 0.05) is 15.5 Å². The van der Waals surface area contributed by atoms with E-state index >= 15 is 0 Å². The van der Waals surface area contributed by atoms with E-state index in [9.17, 15) is 19.2 Å². The van der Waals surface area contributed by atoms with Crippen molar-refractivity contribution >= 4 is 136 Å². The molecule has 0 aromatic carbocycles. The molecule has 0 bridgehead atoms. The zero-order valence-corrected chi connectivity index (χ0v) is 59.9. The number of aryl methyl sites for hydroxylation is 16. The molecule has 30 heteroatoms. The van der Waals surface area contributed by atoms with Gasteiger partial charge >= 0.3 is 17.9 Å². The molecule has 0 fully saturated rings.